The molecule has 8 heteroatoms. The molecule has 0 aromatic heterocycles. The second-order valence-corrected chi connectivity index (χ2v) is 5.91. The molecule has 0 heterocycles. The molecule has 0 unspecified atom stereocenters. The molecule has 0 radical (unpaired) electrons. The third kappa shape index (κ3) is 4.98. The Balaban J connectivity index is 2.54. The maximum atomic E-state index is 11.5. The largest absolute Gasteiger partial charge is 0.480 e. The summed E-state index contributed by atoms with van der Waals surface area (Å²) in [4.78, 5) is 21.7. The molecule has 0 spiro atoms. The van der Waals surface area contributed by atoms with E-state index in [1.165, 1.54) is 19.2 Å². The average Bonchev–Trinajstić information content (AvgIpc) is 2.43. The number of carboxylic acids is 1. The van der Waals surface area contributed by atoms with E-state index < -0.39 is 22.5 Å². The van der Waals surface area contributed by atoms with Crippen LogP contribution in [0.15, 0.2) is 29.2 Å². The highest BCUT2D eigenvalue weighted by molar-refractivity contribution is 7.89. The first-order valence-electron chi connectivity index (χ1n) is 5.86. The highest BCUT2D eigenvalue weighted by atomic mass is 32.2. The van der Waals surface area contributed by atoms with E-state index in [1.54, 1.807) is 12.1 Å². The van der Waals surface area contributed by atoms with Gasteiger partial charge in [-0.05, 0) is 31.2 Å². The van der Waals surface area contributed by atoms with Crippen LogP contribution in [0, 0.1) is 0 Å². The van der Waals surface area contributed by atoms with Crippen LogP contribution in [0.4, 0.5) is 0 Å². The number of sulfonamides is 1. The van der Waals surface area contributed by atoms with Crippen LogP contribution >= 0.6 is 0 Å². The van der Waals surface area contributed by atoms with Gasteiger partial charge in [0.05, 0.1) is 4.90 Å². The van der Waals surface area contributed by atoms with Crippen LogP contribution in [0.1, 0.15) is 12.0 Å². The molecule has 0 bridgehead atoms. The van der Waals surface area contributed by atoms with Crippen molar-refractivity contribution in [2.24, 2.45) is 0 Å². The van der Waals surface area contributed by atoms with Crippen molar-refractivity contribution in [3.05, 3.63) is 29.8 Å². The van der Waals surface area contributed by atoms with Gasteiger partial charge >= 0.3 is 5.97 Å². The number of hydrogen-bond acceptors (Lipinski definition) is 4. The predicted octanol–water partition coefficient (Wildman–Crippen LogP) is -0.272. The summed E-state index contributed by atoms with van der Waals surface area (Å²) in [6.45, 7) is -0.405. The lowest BCUT2D eigenvalue weighted by Crippen LogP contribution is -2.29. The van der Waals surface area contributed by atoms with Gasteiger partial charge in [-0.1, -0.05) is 12.1 Å². The Labute approximate surface area is 117 Å². The van der Waals surface area contributed by atoms with Crippen molar-refractivity contribution in [2.75, 3.05) is 13.6 Å². The molecule has 7 nitrogen and oxygen atoms in total. The van der Waals surface area contributed by atoms with Gasteiger partial charge in [-0.25, -0.2) is 13.1 Å². The van der Waals surface area contributed by atoms with Crippen LogP contribution in [0.3, 0.4) is 0 Å². The van der Waals surface area contributed by atoms with Crippen molar-refractivity contribution in [3.63, 3.8) is 0 Å². The Bertz CT molecular complexity index is 580. The summed E-state index contributed by atoms with van der Waals surface area (Å²) >= 11 is 0. The number of rotatable bonds is 7. The number of carbonyl (C=O) groups is 2. The summed E-state index contributed by atoms with van der Waals surface area (Å²) in [6.07, 6.45) is 0.552. The number of carbonyl (C=O) groups excluding carboxylic acids is 1. The molecule has 20 heavy (non-hydrogen) atoms. The van der Waals surface area contributed by atoms with Crippen LogP contribution < -0.4 is 10.0 Å². The van der Waals surface area contributed by atoms with E-state index in [4.69, 9.17) is 5.11 Å². The lowest BCUT2D eigenvalue weighted by molar-refractivity contribution is -0.137. The number of benzene rings is 1. The van der Waals surface area contributed by atoms with Gasteiger partial charge in [0.2, 0.25) is 15.9 Å². The first kappa shape index (κ1) is 16.1. The summed E-state index contributed by atoms with van der Waals surface area (Å²) in [5.74, 6) is -1.46. The zero-order valence-corrected chi connectivity index (χ0v) is 11.7. The first-order chi connectivity index (χ1) is 9.35. The third-order valence-corrected chi connectivity index (χ3v) is 4.01. The summed E-state index contributed by atoms with van der Waals surface area (Å²) in [6, 6.07) is 6.15. The van der Waals surface area contributed by atoms with Crippen molar-refractivity contribution in [2.45, 2.75) is 17.7 Å². The molecule has 0 atom stereocenters. The second-order valence-electron chi connectivity index (χ2n) is 4.02. The standard InChI is InChI=1S/C12H16N2O5S/c1-13-20(18,19)10-5-2-9(3-6-10)4-7-11(15)14-8-12(16)17/h2-3,5-6,13H,4,7-8H2,1H3,(H,14,15)(H,16,17). The number of hydrogen-bond donors (Lipinski definition) is 3. The Hall–Kier alpha value is -1.93. The quantitative estimate of drug-likeness (QED) is 0.641. The van der Waals surface area contributed by atoms with Crippen LogP contribution in [0.5, 0.6) is 0 Å². The molecule has 110 valence electrons. The summed E-state index contributed by atoms with van der Waals surface area (Å²) in [5.41, 5.74) is 0.797. The van der Waals surface area contributed by atoms with E-state index in [-0.39, 0.29) is 17.2 Å². The summed E-state index contributed by atoms with van der Waals surface area (Å²) in [5, 5.41) is 10.7. The molecule has 1 rings (SSSR count). The fourth-order valence-electron chi connectivity index (χ4n) is 1.47. The Morgan fingerprint density at radius 3 is 2.30 bits per heavy atom. The molecular formula is C12H16N2O5S. The Kier molecular flexibility index (Phi) is 5.66. The maximum Gasteiger partial charge on any atom is 0.322 e. The molecule has 0 saturated carbocycles. The zero-order valence-electron chi connectivity index (χ0n) is 10.9. The third-order valence-electron chi connectivity index (χ3n) is 2.58. The molecule has 0 fully saturated rings. The summed E-state index contributed by atoms with van der Waals surface area (Å²) in [7, 11) is -2.13. The van der Waals surface area contributed by atoms with Gasteiger partial charge in [0.1, 0.15) is 6.54 Å². The van der Waals surface area contributed by atoms with Gasteiger partial charge in [0.15, 0.2) is 0 Å². The molecular weight excluding hydrogens is 284 g/mol. The van der Waals surface area contributed by atoms with Gasteiger partial charge in [0, 0.05) is 6.42 Å². The molecule has 0 aliphatic carbocycles. The smallest absolute Gasteiger partial charge is 0.322 e. The lowest BCUT2D eigenvalue weighted by Gasteiger charge is -2.05. The van der Waals surface area contributed by atoms with Crippen molar-refractivity contribution in [3.8, 4) is 0 Å². The minimum atomic E-state index is -3.46. The van der Waals surface area contributed by atoms with Crippen molar-refractivity contribution in [1.29, 1.82) is 0 Å². The van der Waals surface area contributed by atoms with E-state index in [0.29, 0.717) is 6.42 Å². The van der Waals surface area contributed by atoms with Crippen molar-refractivity contribution >= 4 is 21.9 Å². The topological polar surface area (TPSA) is 113 Å². The van der Waals surface area contributed by atoms with Gasteiger partial charge in [-0.15, -0.1) is 0 Å². The molecule has 1 amide bonds. The number of nitrogens with one attached hydrogen (secondary N) is 2. The van der Waals surface area contributed by atoms with Gasteiger partial charge in [-0.3, -0.25) is 9.59 Å². The highest BCUT2D eigenvalue weighted by Crippen LogP contribution is 2.11. The van der Waals surface area contributed by atoms with E-state index >= 15 is 0 Å². The molecule has 1 aromatic carbocycles. The van der Waals surface area contributed by atoms with Crippen LogP contribution in [0.25, 0.3) is 0 Å². The van der Waals surface area contributed by atoms with Gasteiger partial charge in [-0.2, -0.15) is 0 Å². The second kappa shape index (κ2) is 7.01. The SMILES string of the molecule is CNS(=O)(=O)c1ccc(CCC(=O)NCC(=O)O)cc1. The first-order valence-corrected chi connectivity index (χ1v) is 7.34. The zero-order chi connectivity index (χ0) is 15.2. The Morgan fingerprint density at radius 2 is 1.80 bits per heavy atom. The summed E-state index contributed by atoms with van der Waals surface area (Å²) < 4.78 is 25.2. The molecule has 0 aliphatic heterocycles. The van der Waals surface area contributed by atoms with Gasteiger partial charge in [0.25, 0.3) is 0 Å². The number of carboxylic acid groups (broad SMARTS) is 1. The van der Waals surface area contributed by atoms with Crippen LogP contribution in [-0.4, -0.2) is 39.0 Å². The number of amides is 1. The van der Waals surface area contributed by atoms with Crippen LogP contribution in [-0.2, 0) is 26.0 Å². The van der Waals surface area contributed by atoms with Crippen molar-refractivity contribution in [1.82, 2.24) is 10.0 Å². The normalized spacial score (nSPS) is 11.1. The van der Waals surface area contributed by atoms with Gasteiger partial charge < -0.3 is 10.4 Å². The minimum absolute atomic E-state index is 0.144. The Morgan fingerprint density at radius 1 is 1.20 bits per heavy atom. The lowest BCUT2D eigenvalue weighted by atomic mass is 10.1. The molecule has 3 N–H and O–H groups in total. The molecule has 0 aliphatic rings. The van der Waals surface area contributed by atoms with E-state index in [9.17, 15) is 18.0 Å². The highest BCUT2D eigenvalue weighted by Gasteiger charge is 2.10. The monoisotopic (exact) mass is 300 g/mol. The number of aliphatic carboxylic acids is 1. The maximum absolute atomic E-state index is 11.5. The van der Waals surface area contributed by atoms with Crippen LogP contribution in [0.2, 0.25) is 0 Å². The molecule has 0 saturated heterocycles. The molecule has 1 aromatic rings. The average molecular weight is 300 g/mol. The fraction of sp³-hybridized carbons (Fsp3) is 0.333. The fourth-order valence-corrected chi connectivity index (χ4v) is 2.20. The van der Waals surface area contributed by atoms with Crippen molar-refractivity contribution < 1.29 is 23.1 Å². The minimum Gasteiger partial charge on any atom is -0.480 e. The predicted molar refractivity (Wildman–Crippen MR) is 71.7 cm³/mol. The number of aryl methyl sites for hydroxylation is 1. The van der Waals surface area contributed by atoms with E-state index in [2.05, 4.69) is 10.0 Å². The van der Waals surface area contributed by atoms with E-state index in [0.717, 1.165) is 5.56 Å². The van der Waals surface area contributed by atoms with E-state index in [1.807, 2.05) is 0 Å².